The number of ether oxygens (including phenoxy) is 2. The summed E-state index contributed by atoms with van der Waals surface area (Å²) in [7, 11) is 0. The predicted molar refractivity (Wildman–Crippen MR) is 76.3 cm³/mol. The van der Waals surface area contributed by atoms with E-state index in [-0.39, 0.29) is 5.91 Å². The van der Waals surface area contributed by atoms with E-state index in [4.69, 9.17) is 9.47 Å². The highest BCUT2D eigenvalue weighted by atomic mass is 16.5. The first-order valence-corrected chi connectivity index (χ1v) is 7.24. The quantitative estimate of drug-likeness (QED) is 0.862. The number of rotatable bonds is 5. The van der Waals surface area contributed by atoms with Gasteiger partial charge in [-0.15, -0.1) is 0 Å². The minimum Gasteiger partial charge on any atom is -0.490 e. The molecule has 2 aliphatic rings. The Bertz CT molecular complexity index is 486. The average Bonchev–Trinajstić information content (AvgIpc) is 3.25. The third kappa shape index (κ3) is 3.56. The highest BCUT2D eigenvalue weighted by Crippen LogP contribution is 2.32. The number of fused-ring (bicyclic) bond motifs is 1. The summed E-state index contributed by atoms with van der Waals surface area (Å²) in [6.07, 6.45) is 3.65. The van der Waals surface area contributed by atoms with Crippen molar-refractivity contribution in [3.8, 4) is 11.5 Å². The largest absolute Gasteiger partial charge is 0.490 e. The van der Waals surface area contributed by atoms with Crippen LogP contribution >= 0.6 is 0 Å². The third-order valence-electron chi connectivity index (χ3n) is 3.37. The van der Waals surface area contributed by atoms with Gasteiger partial charge in [-0.1, -0.05) is 0 Å². The maximum Gasteiger partial charge on any atom is 0.221 e. The van der Waals surface area contributed by atoms with Gasteiger partial charge in [0.15, 0.2) is 11.5 Å². The van der Waals surface area contributed by atoms with E-state index in [0.29, 0.717) is 32.2 Å². The van der Waals surface area contributed by atoms with E-state index in [1.807, 2.05) is 18.2 Å². The second-order valence-electron chi connectivity index (χ2n) is 5.23. The summed E-state index contributed by atoms with van der Waals surface area (Å²) in [5.74, 6) is 1.68. The van der Waals surface area contributed by atoms with Crippen molar-refractivity contribution in [1.82, 2.24) is 5.32 Å². The summed E-state index contributed by atoms with van der Waals surface area (Å²) >= 11 is 0. The number of hydrogen-bond acceptors (Lipinski definition) is 4. The highest BCUT2D eigenvalue weighted by molar-refractivity contribution is 5.77. The first-order chi connectivity index (χ1) is 9.81. The smallest absolute Gasteiger partial charge is 0.221 e. The molecule has 1 aromatic rings. The molecule has 0 unspecified atom stereocenters. The van der Waals surface area contributed by atoms with Gasteiger partial charge in [0.1, 0.15) is 0 Å². The molecule has 1 aromatic carbocycles. The minimum absolute atomic E-state index is 0.120. The molecule has 1 fully saturated rings. The third-order valence-corrected chi connectivity index (χ3v) is 3.37. The number of carbonyl (C=O) groups excluding carboxylic acids is 1. The lowest BCUT2D eigenvalue weighted by Gasteiger charge is -2.11. The number of benzene rings is 1. The molecule has 1 saturated carbocycles. The minimum atomic E-state index is 0.120. The monoisotopic (exact) mass is 276 g/mol. The molecule has 0 aromatic heterocycles. The highest BCUT2D eigenvalue weighted by Gasteiger charge is 2.22. The van der Waals surface area contributed by atoms with Gasteiger partial charge < -0.3 is 20.1 Å². The van der Waals surface area contributed by atoms with Gasteiger partial charge in [0, 0.05) is 37.2 Å². The van der Waals surface area contributed by atoms with Gasteiger partial charge in [-0.2, -0.15) is 0 Å². The standard InChI is InChI=1S/C15H20N2O3/c18-15(17-11-2-3-11)6-7-16-12-4-5-13-14(10-12)20-9-1-8-19-13/h4-5,10-11,16H,1-3,6-9H2,(H,17,18). The van der Waals surface area contributed by atoms with Gasteiger partial charge in [-0.3, -0.25) is 4.79 Å². The molecule has 3 rings (SSSR count). The Morgan fingerprint density at radius 1 is 1.20 bits per heavy atom. The number of carbonyl (C=O) groups is 1. The van der Waals surface area contributed by atoms with Crippen molar-refractivity contribution in [3.05, 3.63) is 18.2 Å². The normalized spacial score (nSPS) is 17.2. The molecule has 1 amide bonds. The Kier molecular flexibility index (Phi) is 3.95. The van der Waals surface area contributed by atoms with Crippen LogP contribution in [0, 0.1) is 0 Å². The van der Waals surface area contributed by atoms with Gasteiger partial charge in [0.25, 0.3) is 0 Å². The molecule has 0 atom stereocenters. The van der Waals surface area contributed by atoms with Crippen molar-refractivity contribution in [1.29, 1.82) is 0 Å². The molecule has 5 heteroatoms. The topological polar surface area (TPSA) is 59.6 Å². The van der Waals surface area contributed by atoms with Gasteiger partial charge in [-0.25, -0.2) is 0 Å². The Morgan fingerprint density at radius 3 is 2.80 bits per heavy atom. The van der Waals surface area contributed by atoms with E-state index in [2.05, 4.69) is 10.6 Å². The maximum absolute atomic E-state index is 11.6. The van der Waals surface area contributed by atoms with Crippen molar-refractivity contribution < 1.29 is 14.3 Å². The lowest BCUT2D eigenvalue weighted by molar-refractivity contribution is -0.120. The Balaban J connectivity index is 1.49. The van der Waals surface area contributed by atoms with Crippen LogP contribution < -0.4 is 20.1 Å². The summed E-state index contributed by atoms with van der Waals surface area (Å²) < 4.78 is 11.2. The van der Waals surface area contributed by atoms with E-state index < -0.39 is 0 Å². The van der Waals surface area contributed by atoms with E-state index in [9.17, 15) is 4.79 Å². The Labute approximate surface area is 118 Å². The second kappa shape index (κ2) is 6.03. The van der Waals surface area contributed by atoms with Gasteiger partial charge in [0.05, 0.1) is 13.2 Å². The Hall–Kier alpha value is -1.91. The van der Waals surface area contributed by atoms with Gasteiger partial charge in [-0.05, 0) is 25.0 Å². The zero-order chi connectivity index (χ0) is 13.8. The lowest BCUT2D eigenvalue weighted by atomic mass is 10.2. The van der Waals surface area contributed by atoms with E-state index in [1.165, 1.54) is 0 Å². The summed E-state index contributed by atoms with van der Waals surface area (Å²) in [5.41, 5.74) is 0.952. The summed E-state index contributed by atoms with van der Waals surface area (Å²) in [5, 5.41) is 6.22. The van der Waals surface area contributed by atoms with Crippen LogP contribution in [0.1, 0.15) is 25.7 Å². The molecule has 2 N–H and O–H groups in total. The Morgan fingerprint density at radius 2 is 2.00 bits per heavy atom. The first-order valence-electron chi connectivity index (χ1n) is 7.24. The van der Waals surface area contributed by atoms with Crippen LogP contribution in [0.4, 0.5) is 5.69 Å². The van der Waals surface area contributed by atoms with Crippen LogP contribution in [-0.4, -0.2) is 31.7 Å². The zero-order valence-electron chi connectivity index (χ0n) is 11.5. The van der Waals surface area contributed by atoms with Crippen LogP contribution in [0.5, 0.6) is 11.5 Å². The van der Waals surface area contributed by atoms with Crippen molar-refractivity contribution in [2.75, 3.05) is 25.1 Å². The van der Waals surface area contributed by atoms with E-state index >= 15 is 0 Å². The van der Waals surface area contributed by atoms with Crippen LogP contribution in [-0.2, 0) is 4.79 Å². The molecular formula is C15H20N2O3. The average molecular weight is 276 g/mol. The first kappa shape index (κ1) is 13.1. The number of anilines is 1. The molecule has 1 aliphatic heterocycles. The summed E-state index contributed by atoms with van der Waals surface area (Å²) in [6.45, 7) is 2.00. The molecule has 0 radical (unpaired) electrons. The predicted octanol–water partition coefficient (Wildman–Crippen LogP) is 1.93. The van der Waals surface area contributed by atoms with Crippen LogP contribution in [0.15, 0.2) is 18.2 Å². The van der Waals surface area contributed by atoms with Crippen LogP contribution in [0.3, 0.4) is 0 Å². The molecule has 1 aliphatic carbocycles. The van der Waals surface area contributed by atoms with Gasteiger partial charge in [0.2, 0.25) is 5.91 Å². The molecule has 1 heterocycles. The molecule has 5 nitrogen and oxygen atoms in total. The van der Waals surface area contributed by atoms with Crippen molar-refractivity contribution >= 4 is 11.6 Å². The maximum atomic E-state index is 11.6. The van der Waals surface area contributed by atoms with E-state index in [1.54, 1.807) is 0 Å². The lowest BCUT2D eigenvalue weighted by Crippen LogP contribution is -2.27. The molecule has 0 bridgehead atoms. The van der Waals surface area contributed by atoms with E-state index in [0.717, 1.165) is 36.4 Å². The second-order valence-corrected chi connectivity index (χ2v) is 5.23. The van der Waals surface area contributed by atoms with Crippen LogP contribution in [0.25, 0.3) is 0 Å². The zero-order valence-corrected chi connectivity index (χ0v) is 11.5. The number of amides is 1. The summed E-state index contributed by atoms with van der Waals surface area (Å²) in [4.78, 5) is 11.6. The number of nitrogens with one attached hydrogen (secondary N) is 2. The molecular weight excluding hydrogens is 256 g/mol. The molecule has 108 valence electrons. The number of hydrogen-bond donors (Lipinski definition) is 2. The fraction of sp³-hybridized carbons (Fsp3) is 0.533. The summed E-state index contributed by atoms with van der Waals surface area (Å²) in [6, 6.07) is 6.22. The van der Waals surface area contributed by atoms with Crippen molar-refractivity contribution in [3.63, 3.8) is 0 Å². The molecule has 20 heavy (non-hydrogen) atoms. The van der Waals surface area contributed by atoms with Crippen molar-refractivity contribution in [2.45, 2.75) is 31.7 Å². The molecule has 0 spiro atoms. The van der Waals surface area contributed by atoms with Crippen LogP contribution in [0.2, 0.25) is 0 Å². The van der Waals surface area contributed by atoms with Gasteiger partial charge >= 0.3 is 0 Å². The SMILES string of the molecule is O=C(CCNc1ccc2c(c1)OCCCO2)NC1CC1. The molecule has 0 saturated heterocycles. The fourth-order valence-electron chi connectivity index (χ4n) is 2.12. The van der Waals surface area contributed by atoms with Crippen molar-refractivity contribution in [2.24, 2.45) is 0 Å². The fourth-order valence-corrected chi connectivity index (χ4v) is 2.12.